The third-order valence-corrected chi connectivity index (χ3v) is 4.48. The standard InChI is InChI=1S/C17H26FNO2/c1-12-5-4-8-17(20,10-12)11-19-13(2)14-6-7-15(18)16(9-14)21-3/h6-7,9,12-13,19-20H,4-5,8,10-11H2,1-3H3. The topological polar surface area (TPSA) is 41.5 Å². The van der Waals surface area contributed by atoms with Crippen molar-refractivity contribution in [2.45, 2.75) is 51.2 Å². The van der Waals surface area contributed by atoms with Gasteiger partial charge >= 0.3 is 0 Å². The maximum atomic E-state index is 13.4. The molecule has 1 aromatic carbocycles. The van der Waals surface area contributed by atoms with Crippen molar-refractivity contribution in [3.63, 3.8) is 0 Å². The molecule has 4 heteroatoms. The van der Waals surface area contributed by atoms with Crippen LogP contribution < -0.4 is 10.1 Å². The average molecular weight is 295 g/mol. The first-order valence-electron chi connectivity index (χ1n) is 7.73. The van der Waals surface area contributed by atoms with Gasteiger partial charge in [-0.3, -0.25) is 0 Å². The summed E-state index contributed by atoms with van der Waals surface area (Å²) in [5, 5.41) is 14.0. The van der Waals surface area contributed by atoms with Crippen LogP contribution in [-0.4, -0.2) is 24.4 Å². The molecule has 0 heterocycles. The zero-order valence-electron chi connectivity index (χ0n) is 13.2. The van der Waals surface area contributed by atoms with Crippen LogP contribution in [0.15, 0.2) is 18.2 Å². The van der Waals surface area contributed by atoms with Crippen molar-refractivity contribution in [1.82, 2.24) is 5.32 Å². The van der Waals surface area contributed by atoms with E-state index in [9.17, 15) is 9.50 Å². The van der Waals surface area contributed by atoms with Crippen LogP contribution in [0.4, 0.5) is 4.39 Å². The Labute approximate surface area is 126 Å². The van der Waals surface area contributed by atoms with Gasteiger partial charge in [-0.05, 0) is 43.4 Å². The summed E-state index contributed by atoms with van der Waals surface area (Å²) in [5.41, 5.74) is 0.344. The van der Waals surface area contributed by atoms with E-state index in [1.165, 1.54) is 19.6 Å². The summed E-state index contributed by atoms with van der Waals surface area (Å²) in [6, 6.07) is 4.92. The largest absolute Gasteiger partial charge is 0.494 e. The molecule has 2 N–H and O–H groups in total. The molecule has 0 aromatic heterocycles. The van der Waals surface area contributed by atoms with Crippen LogP contribution >= 0.6 is 0 Å². The fourth-order valence-electron chi connectivity index (χ4n) is 3.20. The fourth-order valence-corrected chi connectivity index (χ4v) is 3.20. The van der Waals surface area contributed by atoms with Crippen LogP contribution in [0.5, 0.6) is 5.75 Å². The molecule has 1 saturated carbocycles. The normalized spacial score (nSPS) is 27.4. The summed E-state index contributed by atoms with van der Waals surface area (Å²) in [7, 11) is 1.46. The summed E-state index contributed by atoms with van der Waals surface area (Å²) < 4.78 is 18.4. The van der Waals surface area contributed by atoms with E-state index in [1.807, 2.05) is 6.92 Å². The van der Waals surface area contributed by atoms with Gasteiger partial charge in [0.1, 0.15) is 0 Å². The number of hydrogen-bond acceptors (Lipinski definition) is 3. The molecule has 21 heavy (non-hydrogen) atoms. The first-order chi connectivity index (χ1) is 9.93. The van der Waals surface area contributed by atoms with Gasteiger partial charge in [0.15, 0.2) is 11.6 Å². The third-order valence-electron chi connectivity index (χ3n) is 4.48. The predicted octanol–water partition coefficient (Wildman–Crippen LogP) is 3.43. The minimum absolute atomic E-state index is 0.0424. The number of benzene rings is 1. The zero-order valence-corrected chi connectivity index (χ0v) is 13.2. The number of halogens is 1. The maximum absolute atomic E-state index is 13.4. The zero-order chi connectivity index (χ0) is 15.5. The number of rotatable bonds is 5. The summed E-state index contributed by atoms with van der Waals surface area (Å²) in [5.74, 6) is 0.478. The Kier molecular flexibility index (Phi) is 5.22. The minimum Gasteiger partial charge on any atom is -0.494 e. The lowest BCUT2D eigenvalue weighted by molar-refractivity contribution is -0.0134. The molecule has 1 aromatic rings. The Bertz CT molecular complexity index is 480. The molecule has 2 rings (SSSR count). The van der Waals surface area contributed by atoms with Crippen molar-refractivity contribution in [2.75, 3.05) is 13.7 Å². The SMILES string of the molecule is COc1cc(C(C)NCC2(O)CCCC(C)C2)ccc1F. The van der Waals surface area contributed by atoms with E-state index in [4.69, 9.17) is 4.74 Å². The highest BCUT2D eigenvalue weighted by Crippen LogP contribution is 2.32. The Hall–Kier alpha value is -1.13. The van der Waals surface area contributed by atoms with Crippen molar-refractivity contribution >= 4 is 0 Å². The van der Waals surface area contributed by atoms with Gasteiger partial charge in [-0.15, -0.1) is 0 Å². The number of ether oxygens (including phenoxy) is 1. The molecule has 0 saturated heterocycles. The van der Waals surface area contributed by atoms with E-state index in [1.54, 1.807) is 12.1 Å². The highest BCUT2D eigenvalue weighted by molar-refractivity contribution is 5.31. The molecule has 1 aliphatic carbocycles. The van der Waals surface area contributed by atoms with Crippen LogP contribution in [0.25, 0.3) is 0 Å². The molecule has 1 aliphatic rings. The van der Waals surface area contributed by atoms with Gasteiger partial charge in [0.05, 0.1) is 12.7 Å². The summed E-state index contributed by atoms with van der Waals surface area (Å²) in [6.07, 6.45) is 3.98. The van der Waals surface area contributed by atoms with Crippen molar-refractivity contribution in [3.8, 4) is 5.75 Å². The molecule has 3 atom stereocenters. The van der Waals surface area contributed by atoms with Crippen molar-refractivity contribution in [3.05, 3.63) is 29.6 Å². The molecule has 0 amide bonds. The van der Waals surface area contributed by atoms with Crippen LogP contribution in [0.3, 0.4) is 0 Å². The lowest BCUT2D eigenvalue weighted by Crippen LogP contribution is -2.44. The molecule has 3 nitrogen and oxygen atoms in total. The Morgan fingerprint density at radius 1 is 1.52 bits per heavy atom. The quantitative estimate of drug-likeness (QED) is 0.874. The molecule has 0 spiro atoms. The lowest BCUT2D eigenvalue weighted by Gasteiger charge is -2.36. The van der Waals surface area contributed by atoms with E-state index in [2.05, 4.69) is 12.2 Å². The van der Waals surface area contributed by atoms with E-state index >= 15 is 0 Å². The Balaban J connectivity index is 1.96. The monoisotopic (exact) mass is 295 g/mol. The van der Waals surface area contributed by atoms with Crippen LogP contribution in [-0.2, 0) is 0 Å². The first kappa shape index (κ1) is 16.2. The molecular formula is C17H26FNO2. The van der Waals surface area contributed by atoms with Crippen molar-refractivity contribution in [2.24, 2.45) is 5.92 Å². The molecule has 0 radical (unpaired) electrons. The van der Waals surface area contributed by atoms with Gasteiger partial charge in [-0.2, -0.15) is 0 Å². The molecule has 0 bridgehead atoms. The van der Waals surface area contributed by atoms with Crippen molar-refractivity contribution < 1.29 is 14.2 Å². The van der Waals surface area contributed by atoms with Gasteiger partial charge in [0.25, 0.3) is 0 Å². The van der Waals surface area contributed by atoms with Crippen LogP contribution in [0.2, 0.25) is 0 Å². The van der Waals surface area contributed by atoms with Crippen LogP contribution in [0, 0.1) is 11.7 Å². The summed E-state index contributed by atoms with van der Waals surface area (Å²) >= 11 is 0. The summed E-state index contributed by atoms with van der Waals surface area (Å²) in [4.78, 5) is 0. The first-order valence-corrected chi connectivity index (χ1v) is 7.73. The minimum atomic E-state index is -0.615. The van der Waals surface area contributed by atoms with Gasteiger partial charge in [-0.1, -0.05) is 25.8 Å². The Morgan fingerprint density at radius 2 is 2.29 bits per heavy atom. The lowest BCUT2D eigenvalue weighted by atomic mass is 9.79. The van der Waals surface area contributed by atoms with E-state index in [0.29, 0.717) is 12.5 Å². The van der Waals surface area contributed by atoms with E-state index in [-0.39, 0.29) is 17.6 Å². The highest BCUT2D eigenvalue weighted by Gasteiger charge is 2.32. The van der Waals surface area contributed by atoms with Gasteiger partial charge in [0.2, 0.25) is 0 Å². The second-order valence-corrected chi connectivity index (χ2v) is 6.42. The molecule has 0 aliphatic heterocycles. The van der Waals surface area contributed by atoms with Crippen LogP contribution in [0.1, 0.15) is 51.1 Å². The van der Waals surface area contributed by atoms with Gasteiger partial charge in [-0.25, -0.2) is 4.39 Å². The highest BCUT2D eigenvalue weighted by atomic mass is 19.1. The van der Waals surface area contributed by atoms with Gasteiger partial charge in [0, 0.05) is 12.6 Å². The number of methoxy groups -OCH3 is 1. The second-order valence-electron chi connectivity index (χ2n) is 6.42. The molecule has 118 valence electrons. The fraction of sp³-hybridized carbons (Fsp3) is 0.647. The maximum Gasteiger partial charge on any atom is 0.165 e. The molecule has 1 fully saturated rings. The van der Waals surface area contributed by atoms with Crippen molar-refractivity contribution in [1.29, 1.82) is 0 Å². The smallest absolute Gasteiger partial charge is 0.165 e. The number of nitrogens with one attached hydrogen (secondary N) is 1. The molecule has 3 unspecified atom stereocenters. The van der Waals surface area contributed by atoms with E-state index < -0.39 is 5.60 Å². The predicted molar refractivity (Wildman–Crippen MR) is 82.0 cm³/mol. The Morgan fingerprint density at radius 3 is 2.95 bits per heavy atom. The number of aliphatic hydroxyl groups is 1. The summed E-state index contributed by atoms with van der Waals surface area (Å²) in [6.45, 7) is 4.78. The number of hydrogen-bond donors (Lipinski definition) is 2. The third kappa shape index (κ3) is 4.17. The second kappa shape index (κ2) is 6.75. The van der Waals surface area contributed by atoms with Gasteiger partial charge < -0.3 is 15.2 Å². The van der Waals surface area contributed by atoms with E-state index in [0.717, 1.165) is 24.8 Å². The average Bonchev–Trinajstić information content (AvgIpc) is 2.45. The molecular weight excluding hydrogens is 269 g/mol.